The lowest BCUT2D eigenvalue weighted by molar-refractivity contribution is -0.0363. The molecular weight excluding hydrogens is 405 g/mol. The Bertz CT molecular complexity index is 598. The van der Waals surface area contributed by atoms with E-state index in [0.717, 1.165) is 25.7 Å². The molecule has 2 aliphatic rings. The van der Waals surface area contributed by atoms with E-state index in [1.54, 1.807) is 0 Å². The fourth-order valence-electron chi connectivity index (χ4n) is 3.01. The SMILES string of the molecule is O=P(O)(O)OP(=O)(O)OP(=O)(O)OC[C@H]1O[C@@H](C2CCCC2)CC1O. The average molecular weight is 426 g/mol. The van der Waals surface area contributed by atoms with Crippen molar-refractivity contribution in [2.45, 2.75) is 50.4 Å². The van der Waals surface area contributed by atoms with Gasteiger partial charge in [-0.15, -0.1) is 0 Å². The molecule has 1 saturated heterocycles. The predicted octanol–water partition coefficient (Wildman–Crippen LogP) is 1.04. The van der Waals surface area contributed by atoms with Gasteiger partial charge in [-0.25, -0.2) is 13.7 Å². The third kappa shape index (κ3) is 7.10. The van der Waals surface area contributed by atoms with Crippen molar-refractivity contribution >= 4 is 23.5 Å². The van der Waals surface area contributed by atoms with Crippen LogP contribution in [-0.2, 0) is 31.6 Å². The van der Waals surface area contributed by atoms with Crippen LogP contribution in [0.2, 0.25) is 0 Å². The molecule has 3 unspecified atom stereocenters. The highest BCUT2D eigenvalue weighted by atomic mass is 31.3. The topological polar surface area (TPSA) is 189 Å². The Hall–Kier alpha value is 0.330. The number of aliphatic hydroxyl groups is 1. The van der Waals surface area contributed by atoms with Crippen LogP contribution in [0.25, 0.3) is 0 Å². The summed E-state index contributed by atoms with van der Waals surface area (Å²) in [6.45, 7) is -0.617. The molecule has 0 aromatic rings. The minimum atomic E-state index is -5.55. The molecule has 0 bridgehead atoms. The van der Waals surface area contributed by atoms with Gasteiger partial charge in [0.15, 0.2) is 0 Å². The van der Waals surface area contributed by atoms with Crippen LogP contribution in [0.5, 0.6) is 0 Å². The number of ether oxygens (including phenoxy) is 1. The summed E-state index contributed by atoms with van der Waals surface area (Å²) < 4.78 is 50.7. The largest absolute Gasteiger partial charge is 0.490 e. The maximum atomic E-state index is 11.6. The van der Waals surface area contributed by atoms with Crippen LogP contribution < -0.4 is 0 Å². The first kappa shape index (κ1) is 21.6. The zero-order valence-corrected chi connectivity index (χ0v) is 15.7. The Kier molecular flexibility index (Phi) is 7.04. The molecule has 1 saturated carbocycles. The van der Waals surface area contributed by atoms with E-state index in [-0.39, 0.29) is 6.10 Å². The lowest BCUT2D eigenvalue weighted by Gasteiger charge is -2.20. The summed E-state index contributed by atoms with van der Waals surface area (Å²) in [6.07, 6.45) is 2.36. The monoisotopic (exact) mass is 426 g/mol. The van der Waals surface area contributed by atoms with Gasteiger partial charge in [-0.05, 0) is 18.8 Å². The van der Waals surface area contributed by atoms with Crippen LogP contribution in [0.4, 0.5) is 0 Å². The summed E-state index contributed by atoms with van der Waals surface area (Å²) >= 11 is 0. The van der Waals surface area contributed by atoms with Crippen LogP contribution in [0.15, 0.2) is 0 Å². The summed E-state index contributed by atoms with van der Waals surface area (Å²) in [5, 5.41) is 9.95. The van der Waals surface area contributed by atoms with Gasteiger partial charge in [0.25, 0.3) is 0 Å². The second kappa shape index (κ2) is 8.14. The maximum Gasteiger partial charge on any atom is 0.490 e. The Morgan fingerprint density at radius 3 is 2.12 bits per heavy atom. The molecule has 2 rings (SSSR count). The van der Waals surface area contributed by atoms with Gasteiger partial charge in [0, 0.05) is 6.42 Å². The van der Waals surface area contributed by atoms with Gasteiger partial charge in [-0.1, -0.05) is 12.8 Å². The Labute approximate surface area is 143 Å². The number of aliphatic hydroxyl groups excluding tert-OH is 1. The van der Waals surface area contributed by atoms with Crippen LogP contribution in [0.1, 0.15) is 32.1 Å². The van der Waals surface area contributed by atoms with Crippen molar-refractivity contribution in [1.82, 2.24) is 0 Å². The van der Waals surface area contributed by atoms with Crippen LogP contribution in [0.3, 0.4) is 0 Å². The minimum Gasteiger partial charge on any atom is -0.390 e. The summed E-state index contributed by atoms with van der Waals surface area (Å²) in [7, 11) is -16.2. The number of phosphoric ester groups is 1. The quantitative estimate of drug-likeness (QED) is 0.347. The standard InChI is InChI=1S/C10H21O12P3/c11-8-5-9(7-3-1-2-4-7)20-10(8)6-19-24(15,16)22-25(17,18)21-23(12,13)14/h7-11H,1-6H2,(H,15,16)(H,17,18)(H2,12,13,14)/t8?,9-,10-/m1/s1. The van der Waals surface area contributed by atoms with Gasteiger partial charge in [0.2, 0.25) is 0 Å². The van der Waals surface area contributed by atoms with Gasteiger partial charge in [-0.3, -0.25) is 4.52 Å². The lowest BCUT2D eigenvalue weighted by Crippen LogP contribution is -2.26. The first-order valence-corrected chi connectivity index (χ1v) is 12.0. The maximum absolute atomic E-state index is 11.6. The first-order valence-electron chi connectivity index (χ1n) is 7.49. The van der Waals surface area contributed by atoms with Gasteiger partial charge in [-0.2, -0.15) is 8.62 Å². The molecular formula is C10H21O12P3. The first-order chi connectivity index (χ1) is 11.4. The molecule has 15 heteroatoms. The Balaban J connectivity index is 1.85. The number of rotatable bonds is 8. The molecule has 0 radical (unpaired) electrons. The number of hydrogen-bond donors (Lipinski definition) is 5. The van der Waals surface area contributed by atoms with E-state index >= 15 is 0 Å². The van der Waals surface area contributed by atoms with E-state index in [9.17, 15) is 23.7 Å². The summed E-state index contributed by atoms with van der Waals surface area (Å²) in [4.78, 5) is 35.3. The van der Waals surface area contributed by atoms with E-state index in [0.29, 0.717) is 12.3 Å². The van der Waals surface area contributed by atoms with Crippen molar-refractivity contribution in [3.63, 3.8) is 0 Å². The van der Waals surface area contributed by atoms with E-state index in [1.165, 1.54) is 0 Å². The molecule has 148 valence electrons. The van der Waals surface area contributed by atoms with E-state index in [1.807, 2.05) is 0 Å². The number of hydrogen-bond acceptors (Lipinski definition) is 8. The molecule has 0 amide bonds. The van der Waals surface area contributed by atoms with Crippen molar-refractivity contribution in [3.8, 4) is 0 Å². The highest BCUT2D eigenvalue weighted by Gasteiger charge is 2.43. The van der Waals surface area contributed by atoms with E-state index in [2.05, 4.69) is 13.1 Å². The highest BCUT2D eigenvalue weighted by Crippen LogP contribution is 2.66. The molecule has 12 nitrogen and oxygen atoms in total. The van der Waals surface area contributed by atoms with Crippen molar-refractivity contribution < 1.29 is 56.3 Å². The van der Waals surface area contributed by atoms with Crippen LogP contribution >= 0.6 is 23.5 Å². The minimum absolute atomic E-state index is 0.202. The van der Waals surface area contributed by atoms with Crippen molar-refractivity contribution in [2.75, 3.05) is 6.61 Å². The van der Waals surface area contributed by atoms with Crippen molar-refractivity contribution in [1.29, 1.82) is 0 Å². The second-order valence-corrected chi connectivity index (χ2v) is 10.4. The van der Waals surface area contributed by atoms with E-state index in [4.69, 9.17) is 19.4 Å². The van der Waals surface area contributed by atoms with Crippen molar-refractivity contribution in [2.24, 2.45) is 5.92 Å². The smallest absolute Gasteiger partial charge is 0.390 e. The zero-order valence-electron chi connectivity index (χ0n) is 13.0. The Morgan fingerprint density at radius 2 is 1.56 bits per heavy atom. The van der Waals surface area contributed by atoms with E-state index < -0.39 is 42.3 Å². The second-order valence-electron chi connectivity index (χ2n) is 5.95. The predicted molar refractivity (Wildman–Crippen MR) is 81.1 cm³/mol. The van der Waals surface area contributed by atoms with Crippen LogP contribution in [-0.4, -0.2) is 49.6 Å². The van der Waals surface area contributed by atoms with Gasteiger partial charge in [0.05, 0.1) is 18.8 Å². The van der Waals surface area contributed by atoms with Gasteiger partial charge >= 0.3 is 23.5 Å². The molecule has 25 heavy (non-hydrogen) atoms. The third-order valence-electron chi connectivity index (χ3n) is 4.00. The summed E-state index contributed by atoms with van der Waals surface area (Å²) in [5.74, 6) is 0.297. The fourth-order valence-corrected chi connectivity index (χ4v) is 6.04. The Morgan fingerprint density at radius 1 is 0.960 bits per heavy atom. The summed E-state index contributed by atoms with van der Waals surface area (Å²) in [6, 6.07) is 0. The molecule has 2 fully saturated rings. The molecule has 1 aliphatic heterocycles. The van der Waals surface area contributed by atoms with Gasteiger partial charge < -0.3 is 29.4 Å². The molecule has 0 spiro atoms. The normalized spacial score (nSPS) is 33.2. The van der Waals surface area contributed by atoms with Gasteiger partial charge in [0.1, 0.15) is 6.10 Å². The number of phosphoric acid groups is 3. The molecule has 0 aromatic heterocycles. The third-order valence-corrected chi connectivity index (χ3v) is 7.80. The fraction of sp³-hybridized carbons (Fsp3) is 1.00. The highest BCUT2D eigenvalue weighted by molar-refractivity contribution is 7.66. The summed E-state index contributed by atoms with van der Waals surface area (Å²) in [5.41, 5.74) is 0. The van der Waals surface area contributed by atoms with Crippen molar-refractivity contribution in [3.05, 3.63) is 0 Å². The average Bonchev–Trinajstić information content (AvgIpc) is 3.01. The molecule has 5 N–H and O–H groups in total. The van der Waals surface area contributed by atoms with Crippen LogP contribution in [0, 0.1) is 5.92 Å². The zero-order chi connectivity index (χ0) is 18.9. The molecule has 1 heterocycles. The lowest BCUT2D eigenvalue weighted by atomic mass is 9.97. The molecule has 1 aliphatic carbocycles. The molecule has 0 aromatic carbocycles. The molecule has 5 atom stereocenters.